The molecule has 0 radical (unpaired) electrons. The average molecular weight is 168 g/mol. The van der Waals surface area contributed by atoms with Crippen LogP contribution in [0.2, 0.25) is 0 Å². The third kappa shape index (κ3) is 1.32. The molecule has 62 valence electrons. The van der Waals surface area contributed by atoms with Crippen molar-refractivity contribution in [2.75, 3.05) is 0 Å². The smallest absolute Gasteiger partial charge is 0.125 e. The van der Waals surface area contributed by atoms with Crippen LogP contribution in [-0.2, 0) is 0 Å². The van der Waals surface area contributed by atoms with Crippen molar-refractivity contribution in [2.24, 2.45) is 0 Å². The molecule has 0 aliphatic heterocycles. The molecule has 0 amide bonds. The van der Waals surface area contributed by atoms with E-state index in [1.165, 1.54) is 0 Å². The second kappa shape index (κ2) is 3.16. The summed E-state index contributed by atoms with van der Waals surface area (Å²) in [4.78, 5) is 2.89. The van der Waals surface area contributed by atoms with Crippen LogP contribution in [0.1, 0.15) is 5.69 Å². The summed E-state index contributed by atoms with van der Waals surface area (Å²) >= 11 is 0. The molecule has 0 saturated heterocycles. The van der Waals surface area contributed by atoms with E-state index in [-0.39, 0.29) is 0 Å². The predicted molar refractivity (Wildman–Crippen MR) is 50.9 cm³/mol. The Morgan fingerprint density at radius 1 is 1.08 bits per heavy atom. The number of hydrogen-bond donors (Lipinski definition) is 1. The van der Waals surface area contributed by atoms with Gasteiger partial charge in [0.2, 0.25) is 0 Å². The maximum absolute atomic E-state index is 8.79. The Kier molecular flexibility index (Phi) is 1.85. The van der Waals surface area contributed by atoms with E-state index < -0.39 is 0 Å². The first-order chi connectivity index (χ1) is 6.42. The molecule has 0 aliphatic carbocycles. The maximum atomic E-state index is 8.79. The van der Waals surface area contributed by atoms with Crippen LogP contribution in [0.15, 0.2) is 42.6 Å². The highest BCUT2D eigenvalue weighted by molar-refractivity contribution is 5.68. The number of rotatable bonds is 1. The summed E-state index contributed by atoms with van der Waals surface area (Å²) in [6.45, 7) is 0. The number of benzene rings is 1. The van der Waals surface area contributed by atoms with Crippen molar-refractivity contribution in [3.63, 3.8) is 0 Å². The lowest BCUT2D eigenvalue weighted by Crippen LogP contribution is -1.78. The molecule has 1 N–H and O–H groups in total. The third-order valence-corrected chi connectivity index (χ3v) is 1.94. The number of nitrogens with zero attached hydrogens (tertiary/aromatic N) is 1. The van der Waals surface area contributed by atoms with Crippen LogP contribution < -0.4 is 0 Å². The normalized spacial score (nSPS) is 9.46. The summed E-state index contributed by atoms with van der Waals surface area (Å²) in [5.74, 6) is 0. The molecule has 1 heterocycles. The van der Waals surface area contributed by atoms with Gasteiger partial charge in [0.25, 0.3) is 0 Å². The van der Waals surface area contributed by atoms with Crippen LogP contribution in [0.4, 0.5) is 0 Å². The number of H-pyrrole nitrogens is 1. The zero-order chi connectivity index (χ0) is 9.10. The molecule has 0 aliphatic rings. The molecule has 0 atom stereocenters. The molecule has 2 heteroatoms. The first kappa shape index (κ1) is 7.63. The molecule has 0 bridgehead atoms. The van der Waals surface area contributed by atoms with Gasteiger partial charge in [-0.3, -0.25) is 0 Å². The van der Waals surface area contributed by atoms with E-state index in [9.17, 15) is 0 Å². The van der Waals surface area contributed by atoms with Crippen molar-refractivity contribution in [2.45, 2.75) is 0 Å². The lowest BCUT2D eigenvalue weighted by molar-refractivity contribution is 1.33. The highest BCUT2D eigenvalue weighted by Gasteiger charge is 2.03. The van der Waals surface area contributed by atoms with Crippen LogP contribution in [-0.4, -0.2) is 4.98 Å². The van der Waals surface area contributed by atoms with E-state index in [2.05, 4.69) is 11.1 Å². The summed E-state index contributed by atoms with van der Waals surface area (Å²) in [6.07, 6.45) is 1.78. The second-order valence-corrected chi connectivity index (χ2v) is 2.74. The van der Waals surface area contributed by atoms with Crippen LogP contribution in [0.3, 0.4) is 0 Å². The Morgan fingerprint density at radius 3 is 2.54 bits per heavy atom. The third-order valence-electron chi connectivity index (χ3n) is 1.94. The van der Waals surface area contributed by atoms with Crippen molar-refractivity contribution in [1.82, 2.24) is 4.98 Å². The lowest BCUT2D eigenvalue weighted by Gasteiger charge is -1.96. The molecule has 2 rings (SSSR count). The molecular formula is C11H8N2. The quantitative estimate of drug-likeness (QED) is 0.698. The van der Waals surface area contributed by atoms with E-state index in [1.807, 2.05) is 36.4 Å². The molecule has 0 saturated carbocycles. The first-order valence-corrected chi connectivity index (χ1v) is 4.04. The SMILES string of the molecule is N#Cc1[nH]ccc1-c1ccccc1. The standard InChI is InChI=1S/C11H8N2/c12-8-11-10(6-7-13-11)9-4-2-1-3-5-9/h1-7,13H. The monoisotopic (exact) mass is 168 g/mol. The van der Waals surface area contributed by atoms with Crippen LogP contribution in [0, 0.1) is 11.3 Å². The van der Waals surface area contributed by atoms with Gasteiger partial charge in [0, 0.05) is 11.8 Å². The summed E-state index contributed by atoms with van der Waals surface area (Å²) < 4.78 is 0. The van der Waals surface area contributed by atoms with E-state index in [0.717, 1.165) is 11.1 Å². The van der Waals surface area contributed by atoms with E-state index in [4.69, 9.17) is 5.26 Å². The molecule has 0 unspecified atom stereocenters. The van der Waals surface area contributed by atoms with Crippen LogP contribution >= 0.6 is 0 Å². The van der Waals surface area contributed by atoms with Crippen LogP contribution in [0.5, 0.6) is 0 Å². The van der Waals surface area contributed by atoms with Gasteiger partial charge in [-0.05, 0) is 11.6 Å². The van der Waals surface area contributed by atoms with Gasteiger partial charge in [-0.25, -0.2) is 0 Å². The predicted octanol–water partition coefficient (Wildman–Crippen LogP) is 2.55. The van der Waals surface area contributed by atoms with Crippen molar-refractivity contribution >= 4 is 0 Å². The van der Waals surface area contributed by atoms with Gasteiger partial charge in [0.05, 0.1) is 0 Å². The molecule has 13 heavy (non-hydrogen) atoms. The summed E-state index contributed by atoms with van der Waals surface area (Å²) in [7, 11) is 0. The number of nitrogens with one attached hydrogen (secondary N) is 1. The van der Waals surface area contributed by atoms with E-state index in [0.29, 0.717) is 5.69 Å². The fourth-order valence-electron chi connectivity index (χ4n) is 1.32. The van der Waals surface area contributed by atoms with Gasteiger partial charge < -0.3 is 4.98 Å². The largest absolute Gasteiger partial charge is 0.353 e. The minimum atomic E-state index is 0.617. The van der Waals surface area contributed by atoms with Crippen molar-refractivity contribution in [3.05, 3.63) is 48.3 Å². The van der Waals surface area contributed by atoms with Gasteiger partial charge in [0.1, 0.15) is 11.8 Å². The molecule has 0 fully saturated rings. The first-order valence-electron chi connectivity index (χ1n) is 4.04. The van der Waals surface area contributed by atoms with Gasteiger partial charge >= 0.3 is 0 Å². The Hall–Kier alpha value is -2.01. The molecule has 2 nitrogen and oxygen atoms in total. The zero-order valence-electron chi connectivity index (χ0n) is 6.99. The van der Waals surface area contributed by atoms with Gasteiger partial charge in [-0.15, -0.1) is 0 Å². The zero-order valence-corrected chi connectivity index (χ0v) is 6.99. The molecular weight excluding hydrogens is 160 g/mol. The van der Waals surface area contributed by atoms with Gasteiger partial charge in [0.15, 0.2) is 0 Å². The topological polar surface area (TPSA) is 39.6 Å². The summed E-state index contributed by atoms with van der Waals surface area (Å²) in [6, 6.07) is 13.9. The number of nitriles is 1. The minimum Gasteiger partial charge on any atom is -0.353 e. The Bertz CT molecular complexity index is 435. The van der Waals surface area contributed by atoms with E-state index in [1.54, 1.807) is 6.20 Å². The summed E-state index contributed by atoms with van der Waals surface area (Å²) in [5, 5.41) is 8.79. The minimum absolute atomic E-state index is 0.617. The van der Waals surface area contributed by atoms with Crippen molar-refractivity contribution in [1.29, 1.82) is 5.26 Å². The van der Waals surface area contributed by atoms with Gasteiger partial charge in [-0.1, -0.05) is 30.3 Å². The fraction of sp³-hybridized carbons (Fsp3) is 0. The van der Waals surface area contributed by atoms with E-state index >= 15 is 0 Å². The van der Waals surface area contributed by atoms with Crippen LogP contribution in [0.25, 0.3) is 11.1 Å². The number of hydrogen-bond acceptors (Lipinski definition) is 1. The fourth-order valence-corrected chi connectivity index (χ4v) is 1.32. The van der Waals surface area contributed by atoms with Crippen molar-refractivity contribution in [3.8, 4) is 17.2 Å². The Balaban J connectivity index is 2.54. The number of aromatic nitrogens is 1. The maximum Gasteiger partial charge on any atom is 0.125 e. The lowest BCUT2D eigenvalue weighted by atomic mass is 10.1. The molecule has 1 aromatic heterocycles. The Morgan fingerprint density at radius 2 is 1.85 bits per heavy atom. The van der Waals surface area contributed by atoms with Crippen molar-refractivity contribution < 1.29 is 0 Å². The molecule has 2 aromatic rings. The summed E-state index contributed by atoms with van der Waals surface area (Å²) in [5.41, 5.74) is 2.65. The second-order valence-electron chi connectivity index (χ2n) is 2.74. The molecule has 1 aromatic carbocycles. The van der Waals surface area contributed by atoms with Gasteiger partial charge in [-0.2, -0.15) is 5.26 Å². The average Bonchev–Trinajstić information content (AvgIpc) is 2.67. The highest BCUT2D eigenvalue weighted by Crippen LogP contribution is 2.21. The molecule has 0 spiro atoms. The Labute approximate surface area is 76.5 Å². The number of aromatic amines is 1. The highest BCUT2D eigenvalue weighted by atomic mass is 14.7.